The molecule has 0 saturated carbocycles. The summed E-state index contributed by atoms with van der Waals surface area (Å²) in [5.41, 5.74) is -3.32. The van der Waals surface area contributed by atoms with Gasteiger partial charge >= 0.3 is 5.97 Å². The maximum atomic E-state index is 14.1. The van der Waals surface area contributed by atoms with Gasteiger partial charge in [0.05, 0.1) is 42.0 Å². The summed E-state index contributed by atoms with van der Waals surface area (Å²) in [6.07, 6.45) is -6.65. The standard InChI is InChI=1S/C37H72N2O11/c1-14-16-29(47-26(9)25(8)40)49-31-22(5)33(50-35-30(41)27(39(12)13)17-21(4)46-35)36(10,44)18-20(3)19-38-24(7)32(42)37(11,45)28(15-2)48-34(43)23(31)6/h20-33,35,38,40-42,44-45H,14-19H2,1-13H3/t20-,21-,22+,23-,24-,25-,26+,27+,28-,29+,30-,31+,32-,33-,35+,36-,37-/m1/s1. The van der Waals surface area contributed by atoms with Crippen molar-refractivity contribution < 1.29 is 54.0 Å². The van der Waals surface area contributed by atoms with Gasteiger partial charge in [0.15, 0.2) is 12.6 Å². The molecule has 0 unspecified atom stereocenters. The second-order valence-electron chi connectivity index (χ2n) is 16.0. The van der Waals surface area contributed by atoms with Gasteiger partial charge in [-0.15, -0.1) is 0 Å². The summed E-state index contributed by atoms with van der Waals surface area (Å²) in [7, 11) is 3.78. The fourth-order valence-electron chi connectivity index (χ4n) is 7.52. The fraction of sp³-hybridized carbons (Fsp3) is 0.973. The zero-order valence-corrected chi connectivity index (χ0v) is 33.0. The lowest BCUT2D eigenvalue weighted by atomic mass is 9.78. The fourth-order valence-corrected chi connectivity index (χ4v) is 7.52. The molecule has 0 aromatic heterocycles. The lowest BCUT2D eigenvalue weighted by molar-refractivity contribution is -0.306. The Morgan fingerprint density at radius 1 is 1.06 bits per heavy atom. The Morgan fingerprint density at radius 3 is 2.22 bits per heavy atom. The predicted molar refractivity (Wildman–Crippen MR) is 190 cm³/mol. The van der Waals surface area contributed by atoms with Crippen LogP contribution in [-0.2, 0) is 28.5 Å². The van der Waals surface area contributed by atoms with Gasteiger partial charge in [0.2, 0.25) is 0 Å². The molecule has 0 aromatic carbocycles. The third kappa shape index (κ3) is 11.8. The van der Waals surface area contributed by atoms with Crippen LogP contribution in [-0.4, -0.2) is 142 Å². The summed E-state index contributed by atoms with van der Waals surface area (Å²) in [6, 6.07) is -0.834. The van der Waals surface area contributed by atoms with E-state index in [1.165, 1.54) is 6.92 Å². The molecule has 2 saturated heterocycles. The zero-order chi connectivity index (χ0) is 38.3. The van der Waals surface area contributed by atoms with Crippen molar-refractivity contribution in [3.63, 3.8) is 0 Å². The molecule has 2 aliphatic heterocycles. The summed E-state index contributed by atoms with van der Waals surface area (Å²) in [5.74, 6) is -2.49. The summed E-state index contributed by atoms with van der Waals surface area (Å²) < 4.78 is 31.7. The van der Waals surface area contributed by atoms with Gasteiger partial charge in [-0.05, 0) is 101 Å². The topological polar surface area (TPSA) is 180 Å². The molecule has 2 aliphatic rings. The van der Waals surface area contributed by atoms with Crippen LogP contribution in [0.25, 0.3) is 0 Å². The van der Waals surface area contributed by atoms with Crippen molar-refractivity contribution in [1.29, 1.82) is 0 Å². The third-order valence-corrected chi connectivity index (χ3v) is 10.8. The highest BCUT2D eigenvalue weighted by atomic mass is 16.7. The van der Waals surface area contributed by atoms with Crippen LogP contribution in [0.4, 0.5) is 0 Å². The first kappa shape index (κ1) is 45.2. The van der Waals surface area contributed by atoms with Gasteiger partial charge in [0.1, 0.15) is 23.9 Å². The third-order valence-electron chi connectivity index (χ3n) is 10.8. The predicted octanol–water partition coefficient (Wildman–Crippen LogP) is 2.57. The van der Waals surface area contributed by atoms with Crippen molar-refractivity contribution in [3.05, 3.63) is 0 Å². The van der Waals surface area contributed by atoms with Gasteiger partial charge < -0.3 is 59.4 Å². The number of esters is 1. The molecule has 0 amide bonds. The Hall–Kier alpha value is -0.970. The van der Waals surface area contributed by atoms with E-state index in [2.05, 4.69) is 5.32 Å². The number of rotatable bonds is 11. The lowest BCUT2D eigenvalue weighted by Crippen LogP contribution is -2.59. The molecular formula is C37H72N2O11. The number of ether oxygens (including phenoxy) is 5. The van der Waals surface area contributed by atoms with E-state index in [1.807, 2.05) is 46.7 Å². The number of hydrogen-bond acceptors (Lipinski definition) is 13. The monoisotopic (exact) mass is 721 g/mol. The van der Waals surface area contributed by atoms with Crippen molar-refractivity contribution >= 4 is 5.97 Å². The quantitative estimate of drug-likeness (QED) is 0.136. The van der Waals surface area contributed by atoms with E-state index in [0.717, 1.165) is 0 Å². The molecule has 0 aliphatic carbocycles. The number of carbonyl (C=O) groups excluding carboxylic acids is 1. The normalized spacial score (nSPS) is 43.4. The van der Waals surface area contributed by atoms with Crippen molar-refractivity contribution in [3.8, 4) is 0 Å². The highest BCUT2D eigenvalue weighted by Crippen LogP contribution is 2.38. The van der Waals surface area contributed by atoms with Crippen LogP contribution in [0, 0.1) is 17.8 Å². The van der Waals surface area contributed by atoms with Gasteiger partial charge in [-0.25, -0.2) is 0 Å². The van der Waals surface area contributed by atoms with E-state index in [0.29, 0.717) is 25.8 Å². The second-order valence-corrected chi connectivity index (χ2v) is 16.0. The van der Waals surface area contributed by atoms with Crippen LogP contribution in [0.3, 0.4) is 0 Å². The SMILES string of the molecule is CCC[C@H](O[C@H]1[C@H](C)[C@@H](O[C@@H]2O[C@H](C)C[C@H](N(C)C)[C@H]2O)[C@](C)(O)C[C@@H](C)CN[C@H](C)[C@@H](O)[C@](C)(O)[C@@H](CC)OC(=O)[C@@H]1C)O[C@@H](C)[C@@H](C)O. The minimum absolute atomic E-state index is 0.140. The average molecular weight is 721 g/mol. The largest absolute Gasteiger partial charge is 0.459 e. The molecular weight excluding hydrogens is 648 g/mol. The molecule has 0 radical (unpaired) electrons. The van der Waals surface area contributed by atoms with Crippen molar-refractivity contribution in [2.75, 3.05) is 20.6 Å². The highest BCUT2D eigenvalue weighted by molar-refractivity contribution is 5.73. The van der Waals surface area contributed by atoms with Gasteiger partial charge in [-0.2, -0.15) is 0 Å². The van der Waals surface area contributed by atoms with Crippen LogP contribution in [0.2, 0.25) is 0 Å². The van der Waals surface area contributed by atoms with Crippen LogP contribution in [0.5, 0.6) is 0 Å². The maximum Gasteiger partial charge on any atom is 0.311 e. The molecule has 6 N–H and O–H groups in total. The molecule has 2 fully saturated rings. The van der Waals surface area contributed by atoms with Crippen LogP contribution in [0.15, 0.2) is 0 Å². The average Bonchev–Trinajstić information content (AvgIpc) is 3.02. The first-order valence-electron chi connectivity index (χ1n) is 18.8. The van der Waals surface area contributed by atoms with Gasteiger partial charge in [0.25, 0.3) is 0 Å². The number of nitrogens with one attached hydrogen (secondary N) is 1. The second kappa shape index (κ2) is 19.4. The minimum Gasteiger partial charge on any atom is -0.459 e. The number of nitrogens with zero attached hydrogens (tertiary/aromatic N) is 1. The molecule has 0 aromatic rings. The van der Waals surface area contributed by atoms with Gasteiger partial charge in [-0.3, -0.25) is 4.79 Å². The number of carbonyl (C=O) groups is 1. The molecule has 296 valence electrons. The molecule has 2 heterocycles. The number of aliphatic hydroxyl groups is 5. The van der Waals surface area contributed by atoms with E-state index in [-0.39, 0.29) is 30.9 Å². The number of cyclic esters (lactones) is 1. The van der Waals surface area contributed by atoms with Gasteiger partial charge in [0, 0.05) is 18.0 Å². The zero-order valence-electron chi connectivity index (χ0n) is 33.0. The summed E-state index contributed by atoms with van der Waals surface area (Å²) in [4.78, 5) is 16.0. The number of likely N-dealkylation sites (N-methyl/N-ethyl adjacent to an activating group) is 1. The van der Waals surface area contributed by atoms with Crippen LogP contribution < -0.4 is 5.32 Å². The van der Waals surface area contributed by atoms with E-state index in [9.17, 15) is 30.3 Å². The molecule has 50 heavy (non-hydrogen) atoms. The smallest absolute Gasteiger partial charge is 0.311 e. The van der Waals surface area contributed by atoms with E-state index in [4.69, 9.17) is 23.7 Å². The lowest BCUT2D eigenvalue weighted by Gasteiger charge is -2.47. The molecule has 2 rings (SSSR count). The number of aliphatic hydroxyl groups excluding tert-OH is 3. The highest BCUT2D eigenvalue weighted by Gasteiger charge is 2.50. The van der Waals surface area contributed by atoms with Crippen LogP contribution in [0.1, 0.15) is 108 Å². The van der Waals surface area contributed by atoms with E-state index in [1.54, 1.807) is 41.5 Å². The molecule has 0 spiro atoms. The van der Waals surface area contributed by atoms with Crippen molar-refractivity contribution in [2.45, 2.75) is 193 Å². The Balaban J connectivity index is 2.73. The number of hydrogen-bond donors (Lipinski definition) is 6. The Morgan fingerprint density at radius 2 is 1.68 bits per heavy atom. The van der Waals surface area contributed by atoms with E-state index >= 15 is 0 Å². The van der Waals surface area contributed by atoms with Crippen molar-refractivity contribution in [2.24, 2.45) is 17.8 Å². The molecule has 17 atom stereocenters. The maximum absolute atomic E-state index is 14.1. The Kier molecular flexibility index (Phi) is 17.5. The Labute approximate surface area is 301 Å². The van der Waals surface area contributed by atoms with Crippen LogP contribution >= 0.6 is 0 Å². The first-order chi connectivity index (χ1) is 23.1. The summed E-state index contributed by atoms with van der Waals surface area (Å²) >= 11 is 0. The van der Waals surface area contributed by atoms with Crippen molar-refractivity contribution in [1.82, 2.24) is 10.2 Å². The summed E-state index contributed by atoms with van der Waals surface area (Å²) in [6.45, 7) is 19.8. The van der Waals surface area contributed by atoms with E-state index < -0.39 is 90.4 Å². The molecule has 0 bridgehead atoms. The molecule has 13 heteroatoms. The summed E-state index contributed by atoms with van der Waals surface area (Å²) in [5, 5.41) is 60.2. The Bertz CT molecular complexity index is 1010. The molecule has 13 nitrogen and oxygen atoms in total. The first-order valence-corrected chi connectivity index (χ1v) is 18.8. The van der Waals surface area contributed by atoms with Gasteiger partial charge in [-0.1, -0.05) is 34.1 Å². The minimum atomic E-state index is -1.78.